The molecule has 0 unspecified atom stereocenters. The number of nitrogens with zero attached hydrogens (tertiary/aromatic N) is 1. The van der Waals surface area contributed by atoms with Crippen LogP contribution in [-0.4, -0.2) is 49.7 Å². The van der Waals surface area contributed by atoms with Gasteiger partial charge in [-0.2, -0.15) is 0 Å². The first-order chi connectivity index (χ1) is 8.94. The van der Waals surface area contributed by atoms with Crippen molar-refractivity contribution >= 4 is 21.6 Å². The van der Waals surface area contributed by atoms with E-state index in [0.717, 1.165) is 6.54 Å². The van der Waals surface area contributed by atoms with E-state index in [0.29, 0.717) is 29.8 Å². The molecule has 1 aromatic rings. The molecule has 3 nitrogen and oxygen atoms in total. The fourth-order valence-electron chi connectivity index (χ4n) is 2.18. The van der Waals surface area contributed by atoms with Crippen LogP contribution in [0.2, 0.25) is 0 Å². The number of hydrogen-bond donors (Lipinski definition) is 0. The van der Waals surface area contributed by atoms with Crippen LogP contribution in [-0.2, 0) is 9.84 Å². The SMILES string of the molecule is Cc1ccc(S[C@H](C)CN2CCS(=O)(=O)CC2)cc1. The lowest BCUT2D eigenvalue weighted by Crippen LogP contribution is -2.42. The molecule has 19 heavy (non-hydrogen) atoms. The summed E-state index contributed by atoms with van der Waals surface area (Å²) >= 11 is 1.85. The van der Waals surface area contributed by atoms with Crippen molar-refractivity contribution < 1.29 is 8.42 Å². The zero-order valence-corrected chi connectivity index (χ0v) is 13.1. The van der Waals surface area contributed by atoms with Crippen molar-refractivity contribution in [3.05, 3.63) is 29.8 Å². The molecule has 5 heteroatoms. The van der Waals surface area contributed by atoms with Gasteiger partial charge in [0.2, 0.25) is 0 Å². The third kappa shape index (κ3) is 4.82. The van der Waals surface area contributed by atoms with Crippen molar-refractivity contribution in [2.24, 2.45) is 0 Å². The molecule has 0 aliphatic carbocycles. The van der Waals surface area contributed by atoms with Gasteiger partial charge in [0.1, 0.15) is 0 Å². The van der Waals surface area contributed by atoms with Crippen LogP contribution in [0.3, 0.4) is 0 Å². The Balaban J connectivity index is 1.81. The summed E-state index contributed by atoms with van der Waals surface area (Å²) in [5.41, 5.74) is 1.28. The van der Waals surface area contributed by atoms with Gasteiger partial charge in [0, 0.05) is 29.8 Å². The highest BCUT2D eigenvalue weighted by atomic mass is 32.2. The summed E-state index contributed by atoms with van der Waals surface area (Å²) in [7, 11) is -2.76. The fraction of sp³-hybridized carbons (Fsp3) is 0.571. The van der Waals surface area contributed by atoms with E-state index in [2.05, 4.69) is 43.0 Å². The highest BCUT2D eigenvalue weighted by Crippen LogP contribution is 2.24. The van der Waals surface area contributed by atoms with Crippen molar-refractivity contribution in [2.75, 3.05) is 31.1 Å². The Labute approximate surface area is 120 Å². The molecule has 0 radical (unpaired) electrons. The maximum absolute atomic E-state index is 11.4. The largest absolute Gasteiger partial charge is 0.300 e. The maximum atomic E-state index is 11.4. The molecule has 0 spiro atoms. The van der Waals surface area contributed by atoms with Crippen LogP contribution in [0.4, 0.5) is 0 Å². The summed E-state index contributed by atoms with van der Waals surface area (Å²) in [6.45, 7) is 6.61. The van der Waals surface area contributed by atoms with E-state index in [9.17, 15) is 8.42 Å². The van der Waals surface area contributed by atoms with Crippen molar-refractivity contribution in [1.29, 1.82) is 0 Å². The molecule has 1 aliphatic heterocycles. The average Bonchev–Trinajstić information content (AvgIpc) is 2.35. The minimum absolute atomic E-state index is 0.314. The number of rotatable bonds is 4. The van der Waals surface area contributed by atoms with E-state index < -0.39 is 9.84 Å². The molecule has 1 aromatic carbocycles. The molecular weight excluding hydrogens is 278 g/mol. The van der Waals surface area contributed by atoms with Crippen molar-refractivity contribution in [3.63, 3.8) is 0 Å². The first-order valence-corrected chi connectivity index (χ1v) is 9.31. The van der Waals surface area contributed by atoms with Crippen molar-refractivity contribution in [1.82, 2.24) is 4.90 Å². The second kappa shape index (κ2) is 6.29. The Morgan fingerprint density at radius 1 is 1.21 bits per heavy atom. The van der Waals surface area contributed by atoms with Crippen LogP contribution in [0, 0.1) is 6.92 Å². The van der Waals surface area contributed by atoms with Crippen LogP contribution in [0.15, 0.2) is 29.2 Å². The van der Waals surface area contributed by atoms with Crippen molar-refractivity contribution in [2.45, 2.75) is 24.0 Å². The van der Waals surface area contributed by atoms with Gasteiger partial charge in [-0.05, 0) is 19.1 Å². The van der Waals surface area contributed by atoms with Gasteiger partial charge < -0.3 is 4.90 Å². The molecular formula is C14H21NO2S2. The monoisotopic (exact) mass is 299 g/mol. The van der Waals surface area contributed by atoms with Gasteiger partial charge in [-0.1, -0.05) is 24.6 Å². The molecule has 106 valence electrons. The molecule has 2 rings (SSSR count). The Morgan fingerprint density at radius 3 is 2.37 bits per heavy atom. The Kier molecular flexibility index (Phi) is 4.92. The summed E-state index contributed by atoms with van der Waals surface area (Å²) in [6, 6.07) is 8.55. The highest BCUT2D eigenvalue weighted by molar-refractivity contribution is 8.00. The lowest BCUT2D eigenvalue weighted by atomic mass is 10.2. The molecule has 0 N–H and O–H groups in total. The van der Waals surface area contributed by atoms with Crippen LogP contribution >= 0.6 is 11.8 Å². The van der Waals surface area contributed by atoms with Gasteiger partial charge in [0.15, 0.2) is 9.84 Å². The molecule has 1 saturated heterocycles. The maximum Gasteiger partial charge on any atom is 0.152 e. The summed E-state index contributed by atoms with van der Waals surface area (Å²) in [5.74, 6) is 0.629. The highest BCUT2D eigenvalue weighted by Gasteiger charge is 2.22. The van der Waals surface area contributed by atoms with Crippen molar-refractivity contribution in [3.8, 4) is 0 Å². The summed E-state index contributed by atoms with van der Waals surface area (Å²) < 4.78 is 22.7. The Morgan fingerprint density at radius 2 is 1.79 bits per heavy atom. The number of benzene rings is 1. The molecule has 1 fully saturated rings. The second-order valence-corrected chi connectivity index (χ2v) is 9.01. The summed E-state index contributed by atoms with van der Waals surface area (Å²) in [4.78, 5) is 3.54. The Hall–Kier alpha value is -0.520. The standard InChI is InChI=1S/C14H21NO2S2/c1-12-3-5-14(6-4-12)18-13(2)11-15-7-9-19(16,17)10-8-15/h3-6,13H,7-11H2,1-2H3/t13-/m1/s1. The first-order valence-electron chi connectivity index (χ1n) is 6.61. The van der Waals surface area contributed by atoms with Gasteiger partial charge in [-0.3, -0.25) is 0 Å². The predicted molar refractivity (Wildman–Crippen MR) is 81.6 cm³/mol. The second-order valence-electron chi connectivity index (χ2n) is 5.19. The molecule has 1 heterocycles. The molecule has 1 aliphatic rings. The van der Waals surface area contributed by atoms with E-state index in [4.69, 9.17) is 0 Å². The number of aryl methyl sites for hydroxylation is 1. The van der Waals surface area contributed by atoms with Gasteiger partial charge in [-0.15, -0.1) is 11.8 Å². The van der Waals surface area contributed by atoms with Crippen LogP contribution in [0.25, 0.3) is 0 Å². The topological polar surface area (TPSA) is 37.4 Å². The van der Waals surface area contributed by atoms with E-state index in [1.54, 1.807) is 0 Å². The van der Waals surface area contributed by atoms with E-state index in [1.807, 2.05) is 11.8 Å². The lowest BCUT2D eigenvalue weighted by Gasteiger charge is -2.28. The third-order valence-electron chi connectivity index (χ3n) is 3.31. The molecule has 1 atom stereocenters. The zero-order valence-electron chi connectivity index (χ0n) is 11.5. The quantitative estimate of drug-likeness (QED) is 0.799. The van der Waals surface area contributed by atoms with Gasteiger partial charge in [0.05, 0.1) is 11.5 Å². The Bertz CT molecular complexity index is 497. The van der Waals surface area contributed by atoms with Gasteiger partial charge >= 0.3 is 0 Å². The van der Waals surface area contributed by atoms with E-state index in [-0.39, 0.29) is 0 Å². The summed E-state index contributed by atoms with van der Waals surface area (Å²) in [5, 5.41) is 0.475. The molecule has 0 aromatic heterocycles. The van der Waals surface area contributed by atoms with Crippen LogP contribution in [0.1, 0.15) is 12.5 Å². The van der Waals surface area contributed by atoms with Crippen LogP contribution in [0.5, 0.6) is 0 Å². The fourth-order valence-corrected chi connectivity index (χ4v) is 4.50. The smallest absolute Gasteiger partial charge is 0.152 e. The number of thioether (sulfide) groups is 1. The van der Waals surface area contributed by atoms with Gasteiger partial charge in [0.25, 0.3) is 0 Å². The van der Waals surface area contributed by atoms with Gasteiger partial charge in [-0.25, -0.2) is 8.42 Å². The first kappa shape index (κ1) is 14.9. The van der Waals surface area contributed by atoms with Crippen LogP contribution < -0.4 is 0 Å². The predicted octanol–water partition coefficient (Wildman–Crippen LogP) is 2.21. The summed E-state index contributed by atoms with van der Waals surface area (Å²) in [6.07, 6.45) is 0. The minimum Gasteiger partial charge on any atom is -0.300 e. The average molecular weight is 299 g/mol. The normalized spacial score (nSPS) is 21.2. The molecule has 0 amide bonds. The van der Waals surface area contributed by atoms with E-state index in [1.165, 1.54) is 10.5 Å². The zero-order chi connectivity index (χ0) is 13.9. The number of sulfone groups is 1. The molecule has 0 bridgehead atoms. The molecule has 0 saturated carbocycles. The third-order valence-corrected chi connectivity index (χ3v) is 6.02. The number of hydrogen-bond acceptors (Lipinski definition) is 4. The van der Waals surface area contributed by atoms with E-state index >= 15 is 0 Å². The lowest BCUT2D eigenvalue weighted by molar-refractivity contribution is 0.299. The minimum atomic E-state index is -2.76.